The Bertz CT molecular complexity index is 379. The van der Waals surface area contributed by atoms with Gasteiger partial charge in [-0.05, 0) is 29.9 Å². The molecular weight excluding hydrogens is 196 g/mol. The van der Waals surface area contributed by atoms with Crippen LogP contribution in [-0.4, -0.2) is 6.61 Å². The van der Waals surface area contributed by atoms with Gasteiger partial charge in [-0.1, -0.05) is 45.0 Å². The molecule has 1 aliphatic rings. The molecule has 1 heterocycles. The van der Waals surface area contributed by atoms with E-state index in [1.165, 1.54) is 11.1 Å². The van der Waals surface area contributed by atoms with Gasteiger partial charge < -0.3 is 4.74 Å². The standard InChI is InChI=1S/C15H20O/c1-15(2,3)13-9-7-12(8-10-13)14-6-4-5-11-16-14/h6-10H,4-5,11H2,1-3H3. The maximum absolute atomic E-state index is 5.65. The third-order valence-electron chi connectivity index (χ3n) is 2.97. The first-order valence-electron chi connectivity index (χ1n) is 6.01. The molecule has 0 spiro atoms. The molecule has 0 amide bonds. The van der Waals surface area contributed by atoms with E-state index in [0.717, 1.165) is 25.2 Å². The zero-order valence-corrected chi connectivity index (χ0v) is 10.4. The van der Waals surface area contributed by atoms with Crippen molar-refractivity contribution in [2.45, 2.75) is 39.0 Å². The summed E-state index contributed by atoms with van der Waals surface area (Å²) in [6.07, 6.45) is 4.47. The fourth-order valence-corrected chi connectivity index (χ4v) is 1.89. The van der Waals surface area contributed by atoms with Gasteiger partial charge in [-0.15, -0.1) is 0 Å². The number of rotatable bonds is 1. The summed E-state index contributed by atoms with van der Waals surface area (Å²) in [6.45, 7) is 7.56. The first kappa shape index (κ1) is 11.3. The lowest BCUT2D eigenvalue weighted by molar-refractivity contribution is 0.259. The van der Waals surface area contributed by atoms with Gasteiger partial charge in [-0.3, -0.25) is 0 Å². The van der Waals surface area contributed by atoms with Crippen LogP contribution in [0.5, 0.6) is 0 Å². The van der Waals surface area contributed by atoms with Crippen LogP contribution in [0.3, 0.4) is 0 Å². The molecule has 1 aromatic carbocycles. The Balaban J connectivity index is 2.22. The third-order valence-corrected chi connectivity index (χ3v) is 2.97. The number of allylic oxidation sites excluding steroid dienone is 1. The monoisotopic (exact) mass is 216 g/mol. The minimum atomic E-state index is 0.223. The first-order valence-corrected chi connectivity index (χ1v) is 6.01. The van der Waals surface area contributed by atoms with Crippen LogP contribution in [0.4, 0.5) is 0 Å². The van der Waals surface area contributed by atoms with Gasteiger partial charge in [-0.25, -0.2) is 0 Å². The molecule has 0 bridgehead atoms. The minimum Gasteiger partial charge on any atom is -0.493 e. The van der Waals surface area contributed by atoms with Crippen LogP contribution in [-0.2, 0) is 10.2 Å². The van der Waals surface area contributed by atoms with E-state index in [1.54, 1.807) is 0 Å². The van der Waals surface area contributed by atoms with Crippen molar-refractivity contribution in [1.82, 2.24) is 0 Å². The largest absolute Gasteiger partial charge is 0.493 e. The topological polar surface area (TPSA) is 9.23 Å². The van der Waals surface area contributed by atoms with Crippen LogP contribution in [0.1, 0.15) is 44.7 Å². The fourth-order valence-electron chi connectivity index (χ4n) is 1.89. The van der Waals surface area contributed by atoms with Gasteiger partial charge in [0.05, 0.1) is 6.61 Å². The number of ether oxygens (including phenoxy) is 1. The van der Waals surface area contributed by atoms with E-state index in [-0.39, 0.29) is 5.41 Å². The Morgan fingerprint density at radius 1 is 1.06 bits per heavy atom. The summed E-state index contributed by atoms with van der Waals surface area (Å²) < 4.78 is 5.65. The Morgan fingerprint density at radius 3 is 2.25 bits per heavy atom. The summed E-state index contributed by atoms with van der Waals surface area (Å²) in [4.78, 5) is 0. The molecule has 1 aromatic rings. The second-order valence-electron chi connectivity index (χ2n) is 5.39. The highest BCUT2D eigenvalue weighted by Gasteiger charge is 2.14. The molecule has 0 saturated heterocycles. The smallest absolute Gasteiger partial charge is 0.122 e. The third kappa shape index (κ3) is 2.46. The lowest BCUT2D eigenvalue weighted by Gasteiger charge is -2.20. The summed E-state index contributed by atoms with van der Waals surface area (Å²) in [5, 5.41) is 0. The highest BCUT2D eigenvalue weighted by molar-refractivity contribution is 5.60. The summed E-state index contributed by atoms with van der Waals surface area (Å²) >= 11 is 0. The van der Waals surface area contributed by atoms with E-state index >= 15 is 0 Å². The van der Waals surface area contributed by atoms with Gasteiger partial charge in [0, 0.05) is 5.56 Å². The minimum absolute atomic E-state index is 0.223. The Hall–Kier alpha value is -1.24. The maximum atomic E-state index is 5.65. The molecule has 0 aliphatic carbocycles. The van der Waals surface area contributed by atoms with Crippen LogP contribution in [0, 0.1) is 0 Å². The van der Waals surface area contributed by atoms with Crippen LogP contribution in [0.15, 0.2) is 30.3 Å². The van der Waals surface area contributed by atoms with E-state index in [9.17, 15) is 0 Å². The van der Waals surface area contributed by atoms with Gasteiger partial charge in [0.25, 0.3) is 0 Å². The van der Waals surface area contributed by atoms with Crippen molar-refractivity contribution in [2.75, 3.05) is 6.61 Å². The molecular formula is C15H20O. The highest BCUT2D eigenvalue weighted by Crippen LogP contribution is 2.26. The number of hydrogen-bond acceptors (Lipinski definition) is 1. The van der Waals surface area contributed by atoms with Gasteiger partial charge >= 0.3 is 0 Å². The molecule has 1 nitrogen and oxygen atoms in total. The Kier molecular flexibility index (Phi) is 3.04. The van der Waals surface area contributed by atoms with Crippen LogP contribution >= 0.6 is 0 Å². The quantitative estimate of drug-likeness (QED) is 0.685. The van der Waals surface area contributed by atoms with E-state index in [2.05, 4.69) is 51.1 Å². The maximum Gasteiger partial charge on any atom is 0.122 e. The zero-order valence-electron chi connectivity index (χ0n) is 10.4. The second kappa shape index (κ2) is 4.32. The number of hydrogen-bond donors (Lipinski definition) is 0. The predicted octanol–water partition coefficient (Wildman–Crippen LogP) is 4.14. The molecule has 0 aromatic heterocycles. The molecule has 0 saturated carbocycles. The fraction of sp³-hybridized carbons (Fsp3) is 0.467. The summed E-state index contributed by atoms with van der Waals surface area (Å²) in [7, 11) is 0. The van der Waals surface area contributed by atoms with Crippen molar-refractivity contribution in [3.8, 4) is 0 Å². The average Bonchev–Trinajstić information content (AvgIpc) is 2.29. The van der Waals surface area contributed by atoms with E-state index in [4.69, 9.17) is 4.74 Å². The average molecular weight is 216 g/mol. The van der Waals surface area contributed by atoms with Crippen molar-refractivity contribution in [1.29, 1.82) is 0 Å². The van der Waals surface area contributed by atoms with Crippen LogP contribution in [0.25, 0.3) is 5.76 Å². The van der Waals surface area contributed by atoms with E-state index in [1.807, 2.05) is 0 Å². The molecule has 0 N–H and O–H groups in total. The normalized spacial score (nSPS) is 16.6. The van der Waals surface area contributed by atoms with Crippen molar-refractivity contribution in [3.05, 3.63) is 41.5 Å². The Labute approximate surface area is 98.1 Å². The van der Waals surface area contributed by atoms with Crippen molar-refractivity contribution >= 4 is 5.76 Å². The molecule has 0 fully saturated rings. The number of benzene rings is 1. The predicted molar refractivity (Wildman–Crippen MR) is 68.3 cm³/mol. The summed E-state index contributed by atoms with van der Waals surface area (Å²) in [6, 6.07) is 8.73. The van der Waals surface area contributed by atoms with Gasteiger partial charge in [-0.2, -0.15) is 0 Å². The van der Waals surface area contributed by atoms with Gasteiger partial charge in [0.15, 0.2) is 0 Å². The molecule has 1 heteroatoms. The molecule has 0 unspecified atom stereocenters. The first-order chi connectivity index (χ1) is 7.57. The van der Waals surface area contributed by atoms with Crippen molar-refractivity contribution in [3.63, 3.8) is 0 Å². The molecule has 1 aliphatic heterocycles. The molecule has 16 heavy (non-hydrogen) atoms. The highest BCUT2D eigenvalue weighted by atomic mass is 16.5. The Morgan fingerprint density at radius 2 is 1.75 bits per heavy atom. The lowest BCUT2D eigenvalue weighted by Crippen LogP contribution is -2.10. The molecule has 0 atom stereocenters. The van der Waals surface area contributed by atoms with Crippen molar-refractivity contribution < 1.29 is 4.74 Å². The van der Waals surface area contributed by atoms with E-state index in [0.29, 0.717) is 0 Å². The molecule has 2 rings (SSSR count). The summed E-state index contributed by atoms with van der Waals surface area (Å²) in [5.74, 6) is 1.05. The van der Waals surface area contributed by atoms with E-state index < -0.39 is 0 Å². The zero-order chi connectivity index (χ0) is 11.6. The van der Waals surface area contributed by atoms with Crippen molar-refractivity contribution in [2.24, 2.45) is 0 Å². The lowest BCUT2D eigenvalue weighted by atomic mass is 9.86. The molecule has 86 valence electrons. The van der Waals surface area contributed by atoms with Gasteiger partial charge in [0.2, 0.25) is 0 Å². The molecule has 0 radical (unpaired) electrons. The van der Waals surface area contributed by atoms with Crippen LogP contribution in [0.2, 0.25) is 0 Å². The second-order valence-corrected chi connectivity index (χ2v) is 5.39. The van der Waals surface area contributed by atoms with Gasteiger partial charge in [0.1, 0.15) is 5.76 Å². The van der Waals surface area contributed by atoms with Crippen LogP contribution < -0.4 is 0 Å². The summed E-state index contributed by atoms with van der Waals surface area (Å²) in [5.41, 5.74) is 2.79. The SMILES string of the molecule is CC(C)(C)c1ccc(C2=CCCCO2)cc1.